The molecule has 118 valence electrons. The molecule has 23 heavy (non-hydrogen) atoms. The number of carbonyl (C=O) groups is 1. The summed E-state index contributed by atoms with van der Waals surface area (Å²) in [6.07, 6.45) is 0.946. The minimum absolute atomic E-state index is 0.178. The Hall–Kier alpha value is -1.52. The van der Waals surface area contributed by atoms with Gasteiger partial charge in [-0.1, -0.05) is 17.4 Å². The molecule has 8 heteroatoms. The molecule has 0 aliphatic heterocycles. The number of halogens is 1. The number of amides is 1. The number of thiophene rings is 1. The number of anilines is 2. The maximum absolute atomic E-state index is 12.1. The predicted molar refractivity (Wildman–Crippen MR) is 104 cm³/mol. The van der Waals surface area contributed by atoms with Gasteiger partial charge in [0.1, 0.15) is 0 Å². The van der Waals surface area contributed by atoms with Crippen LogP contribution in [0.5, 0.6) is 0 Å². The lowest BCUT2D eigenvalue weighted by Gasteiger charge is -2.01. The van der Waals surface area contributed by atoms with Crippen molar-refractivity contribution in [3.63, 3.8) is 0 Å². The molecule has 2 aromatic heterocycles. The van der Waals surface area contributed by atoms with Crippen LogP contribution >= 0.6 is 45.3 Å². The number of rotatable bonds is 6. The molecule has 3 rings (SSSR count). The monoisotopic (exact) mass is 456 g/mol. The number of carbonyl (C=O) groups excluding carboxylic acids is 1. The molecule has 2 heterocycles. The van der Waals surface area contributed by atoms with Crippen LogP contribution in [-0.4, -0.2) is 22.6 Å². The van der Waals surface area contributed by atoms with Crippen molar-refractivity contribution in [2.24, 2.45) is 0 Å². The molecule has 1 aromatic carbocycles. The molecule has 0 atom stereocenters. The molecular formula is C15H13IN4OS2. The third-order valence-corrected chi connectivity index (χ3v) is 5.43. The predicted octanol–water partition coefficient (Wildman–Crippen LogP) is 4.11. The molecule has 0 saturated carbocycles. The van der Waals surface area contributed by atoms with Crippen molar-refractivity contribution in [2.45, 2.75) is 6.42 Å². The first-order chi connectivity index (χ1) is 11.2. The van der Waals surface area contributed by atoms with Gasteiger partial charge in [0.25, 0.3) is 5.91 Å². The maximum atomic E-state index is 12.1. The first-order valence-corrected chi connectivity index (χ1v) is 9.65. The Kier molecular flexibility index (Phi) is 5.57. The van der Waals surface area contributed by atoms with Crippen molar-refractivity contribution in [2.75, 3.05) is 17.2 Å². The summed E-state index contributed by atoms with van der Waals surface area (Å²) < 4.78 is 1.09. The second-order valence-corrected chi connectivity index (χ2v) is 7.88. The Labute approximate surface area is 155 Å². The number of nitrogens with zero attached hydrogens (tertiary/aromatic N) is 2. The molecule has 0 unspecified atom stereocenters. The zero-order valence-corrected chi connectivity index (χ0v) is 15.7. The van der Waals surface area contributed by atoms with E-state index in [1.165, 1.54) is 16.2 Å². The zero-order chi connectivity index (χ0) is 16.1. The fourth-order valence-electron chi connectivity index (χ4n) is 1.86. The highest BCUT2D eigenvalue weighted by Crippen LogP contribution is 2.21. The third kappa shape index (κ3) is 4.72. The van der Waals surface area contributed by atoms with Crippen molar-refractivity contribution < 1.29 is 4.79 Å². The minimum Gasteiger partial charge on any atom is -0.360 e. The van der Waals surface area contributed by atoms with Crippen molar-refractivity contribution in [3.8, 4) is 0 Å². The van der Waals surface area contributed by atoms with Gasteiger partial charge in [0.05, 0.1) is 0 Å². The molecule has 5 nitrogen and oxygen atoms in total. The minimum atomic E-state index is -0.178. The van der Waals surface area contributed by atoms with Gasteiger partial charge >= 0.3 is 0 Å². The number of hydrogen-bond acceptors (Lipinski definition) is 6. The topological polar surface area (TPSA) is 66.9 Å². The first kappa shape index (κ1) is 16.3. The van der Waals surface area contributed by atoms with Crippen molar-refractivity contribution in [3.05, 3.63) is 55.8 Å². The fourth-order valence-corrected chi connectivity index (χ4v) is 3.60. The van der Waals surface area contributed by atoms with E-state index >= 15 is 0 Å². The van der Waals surface area contributed by atoms with Crippen molar-refractivity contribution >= 4 is 61.4 Å². The number of nitrogens with one attached hydrogen (secondary N) is 2. The summed E-state index contributed by atoms with van der Waals surface area (Å²) in [6.45, 7) is 0.792. The van der Waals surface area contributed by atoms with Crippen LogP contribution in [0.15, 0.2) is 41.8 Å². The van der Waals surface area contributed by atoms with E-state index in [-0.39, 0.29) is 5.91 Å². The van der Waals surface area contributed by atoms with Gasteiger partial charge in [-0.15, -0.1) is 21.5 Å². The normalized spacial score (nSPS) is 10.5. The van der Waals surface area contributed by atoms with Gasteiger partial charge in [0.2, 0.25) is 10.3 Å². The van der Waals surface area contributed by atoms with Gasteiger partial charge in [0.15, 0.2) is 0 Å². The van der Waals surface area contributed by atoms with Crippen LogP contribution in [0.1, 0.15) is 15.2 Å². The Balaban J connectivity index is 1.52. The van der Waals surface area contributed by atoms with Gasteiger partial charge in [-0.25, -0.2) is 0 Å². The van der Waals surface area contributed by atoms with Crippen LogP contribution in [-0.2, 0) is 6.42 Å². The van der Waals surface area contributed by atoms with Crippen molar-refractivity contribution in [1.29, 1.82) is 0 Å². The molecule has 0 fully saturated rings. The largest absolute Gasteiger partial charge is 0.360 e. The van der Waals surface area contributed by atoms with Crippen LogP contribution in [0.25, 0.3) is 0 Å². The molecule has 0 radical (unpaired) electrons. The van der Waals surface area contributed by atoms with Crippen LogP contribution in [0.3, 0.4) is 0 Å². The number of aromatic nitrogens is 2. The van der Waals surface area contributed by atoms with E-state index in [9.17, 15) is 4.79 Å². The molecule has 3 aromatic rings. The summed E-state index contributed by atoms with van der Waals surface area (Å²) in [6, 6.07) is 11.5. The lowest BCUT2D eigenvalue weighted by Crippen LogP contribution is -2.11. The zero-order valence-electron chi connectivity index (χ0n) is 12.0. The summed E-state index contributed by atoms with van der Waals surface area (Å²) in [5, 5.41) is 17.3. The SMILES string of the molecule is O=C(Nc1nnc(NCCc2cccs2)s1)c1ccc(I)cc1. The smallest absolute Gasteiger partial charge is 0.257 e. The first-order valence-electron chi connectivity index (χ1n) is 6.87. The average Bonchev–Trinajstić information content (AvgIpc) is 3.20. The van der Waals surface area contributed by atoms with Gasteiger partial charge < -0.3 is 5.32 Å². The Bertz CT molecular complexity index is 771. The molecular weight excluding hydrogens is 443 g/mol. The fraction of sp³-hybridized carbons (Fsp3) is 0.133. The van der Waals surface area contributed by atoms with Gasteiger partial charge in [-0.2, -0.15) is 0 Å². The van der Waals surface area contributed by atoms with E-state index < -0.39 is 0 Å². The van der Waals surface area contributed by atoms with Crippen LogP contribution in [0.4, 0.5) is 10.3 Å². The standard InChI is InChI=1S/C15H13IN4OS2/c16-11-5-3-10(4-6-11)13(21)18-15-20-19-14(23-15)17-8-7-12-2-1-9-22-12/h1-6,9H,7-8H2,(H,17,19)(H,18,20,21). The van der Waals surface area contributed by atoms with Crippen molar-refractivity contribution in [1.82, 2.24) is 10.2 Å². The summed E-state index contributed by atoms with van der Waals surface area (Å²) in [7, 11) is 0. The molecule has 0 saturated heterocycles. The van der Waals surface area contributed by atoms with E-state index in [0.29, 0.717) is 15.8 Å². The van der Waals surface area contributed by atoms with E-state index in [1.807, 2.05) is 18.2 Å². The van der Waals surface area contributed by atoms with Crippen LogP contribution in [0, 0.1) is 3.57 Å². The second kappa shape index (κ2) is 7.84. The molecule has 1 amide bonds. The van der Waals surface area contributed by atoms with E-state index in [1.54, 1.807) is 23.5 Å². The van der Waals surface area contributed by atoms with Gasteiger partial charge in [0, 0.05) is 20.6 Å². The Morgan fingerprint density at radius 2 is 1.91 bits per heavy atom. The molecule has 0 aliphatic rings. The highest BCUT2D eigenvalue weighted by atomic mass is 127. The van der Waals surface area contributed by atoms with Crippen LogP contribution in [0.2, 0.25) is 0 Å². The van der Waals surface area contributed by atoms with Crippen LogP contribution < -0.4 is 10.6 Å². The van der Waals surface area contributed by atoms with E-state index in [2.05, 4.69) is 54.9 Å². The quantitative estimate of drug-likeness (QED) is 0.548. The molecule has 0 bridgehead atoms. The number of hydrogen-bond donors (Lipinski definition) is 2. The average molecular weight is 456 g/mol. The summed E-state index contributed by atoms with van der Waals surface area (Å²) in [5.41, 5.74) is 0.604. The summed E-state index contributed by atoms with van der Waals surface area (Å²) >= 11 is 5.28. The Morgan fingerprint density at radius 1 is 1.13 bits per heavy atom. The molecule has 0 spiro atoms. The van der Waals surface area contributed by atoms with E-state index in [0.717, 1.165) is 16.5 Å². The third-order valence-electron chi connectivity index (χ3n) is 2.98. The molecule has 0 aliphatic carbocycles. The van der Waals surface area contributed by atoms with Gasteiger partial charge in [-0.05, 0) is 64.7 Å². The number of benzene rings is 1. The molecule has 2 N–H and O–H groups in total. The summed E-state index contributed by atoms with van der Waals surface area (Å²) in [5.74, 6) is -0.178. The van der Waals surface area contributed by atoms with E-state index in [4.69, 9.17) is 0 Å². The maximum Gasteiger partial charge on any atom is 0.257 e. The lowest BCUT2D eigenvalue weighted by atomic mass is 10.2. The van der Waals surface area contributed by atoms with Gasteiger partial charge in [-0.3, -0.25) is 10.1 Å². The highest BCUT2D eigenvalue weighted by molar-refractivity contribution is 14.1. The second-order valence-electron chi connectivity index (χ2n) is 4.63. The lowest BCUT2D eigenvalue weighted by molar-refractivity contribution is 0.102. The Morgan fingerprint density at radius 3 is 2.65 bits per heavy atom. The highest BCUT2D eigenvalue weighted by Gasteiger charge is 2.10. The summed E-state index contributed by atoms with van der Waals surface area (Å²) in [4.78, 5) is 13.4.